The summed E-state index contributed by atoms with van der Waals surface area (Å²) >= 11 is 0. The predicted molar refractivity (Wildman–Crippen MR) is 225 cm³/mol. The predicted octanol–water partition coefficient (Wildman–Crippen LogP) is 13.0. The second-order valence-electron chi connectivity index (χ2n) is 14.7. The van der Waals surface area contributed by atoms with Crippen molar-refractivity contribution in [3.63, 3.8) is 0 Å². The molecular formula is C50H28N2O3. The van der Waals surface area contributed by atoms with Crippen molar-refractivity contribution in [3.8, 4) is 22.3 Å². The highest BCUT2D eigenvalue weighted by Gasteiger charge is 2.24. The van der Waals surface area contributed by atoms with Gasteiger partial charge in [0.15, 0.2) is 0 Å². The van der Waals surface area contributed by atoms with Crippen LogP contribution in [0.4, 0.5) is 0 Å². The first-order chi connectivity index (χ1) is 27.2. The summed E-state index contributed by atoms with van der Waals surface area (Å²) in [4.78, 5) is 13.0. The lowest BCUT2D eigenvalue weighted by atomic mass is 9.92. The first-order valence-corrected chi connectivity index (χ1v) is 18.6. The minimum absolute atomic E-state index is 0.344. The van der Waals surface area contributed by atoms with Crippen LogP contribution in [-0.2, 0) is 4.74 Å². The number of hydrogen-bond acceptors (Lipinski definition) is 3. The van der Waals surface area contributed by atoms with Crippen molar-refractivity contribution in [1.29, 1.82) is 0 Å². The average molecular weight is 705 g/mol. The Kier molecular flexibility index (Phi) is 5.39. The molecule has 0 amide bonds. The molecule has 0 aliphatic heterocycles. The third-order valence-corrected chi connectivity index (χ3v) is 12.1. The molecule has 0 unspecified atom stereocenters. The van der Waals surface area contributed by atoms with Crippen molar-refractivity contribution in [2.24, 2.45) is 0 Å². The average Bonchev–Trinajstić information content (AvgIpc) is 4.04. The number of rotatable bonds is 3. The molecule has 8 aromatic carbocycles. The summed E-state index contributed by atoms with van der Waals surface area (Å²) in [5, 5.41) is 11.4. The lowest BCUT2D eigenvalue weighted by molar-refractivity contribution is 0.0601. The number of esters is 1. The first kappa shape index (κ1) is 29.1. The lowest BCUT2D eigenvalue weighted by Crippen LogP contribution is -2.00. The first-order valence-electron chi connectivity index (χ1n) is 18.6. The molecule has 13 aromatic rings. The van der Waals surface area contributed by atoms with Crippen LogP contribution in [0.1, 0.15) is 10.4 Å². The number of carbonyl (C=O) groups is 1. The van der Waals surface area contributed by atoms with Gasteiger partial charge in [-0.3, -0.25) is 0 Å². The molecule has 0 atom stereocenters. The zero-order chi connectivity index (χ0) is 36.1. The van der Waals surface area contributed by atoms with E-state index in [0.717, 1.165) is 82.3 Å². The molecule has 5 nitrogen and oxygen atoms in total. The quantitative estimate of drug-likeness (QED) is 0.172. The number of hydrogen-bond donors (Lipinski definition) is 0. The molecule has 0 fully saturated rings. The molecule has 0 bridgehead atoms. The number of methoxy groups -OCH3 is 1. The molecule has 0 radical (unpaired) electrons. The van der Waals surface area contributed by atoms with Gasteiger partial charge >= 0.3 is 5.97 Å². The Balaban J connectivity index is 1.10. The zero-order valence-electron chi connectivity index (χ0n) is 29.6. The van der Waals surface area contributed by atoms with E-state index in [-0.39, 0.29) is 5.97 Å². The number of para-hydroxylation sites is 4. The molecule has 5 aromatic heterocycles. The monoisotopic (exact) mass is 704 g/mol. The van der Waals surface area contributed by atoms with Crippen LogP contribution < -0.4 is 0 Å². The number of aromatic nitrogens is 2. The standard InChI is InChI=1S/C50H28N2O3/c1-54-50(53)29-25-39-34-12-4-8-16-43(34)52-44-21-18-27(22-36(44)40(26-29)48(39)52)31-20-19-30(46-35-13-5-9-17-45(35)55-49(31)46)28-23-37-32-10-2-6-14-41(32)51-42-15-7-3-11-33(42)38(24-28)47(37)51/h2-26H,1H3. The summed E-state index contributed by atoms with van der Waals surface area (Å²) in [5.41, 5.74) is 13.6. The van der Waals surface area contributed by atoms with E-state index < -0.39 is 0 Å². The summed E-state index contributed by atoms with van der Waals surface area (Å²) in [6.45, 7) is 0. The van der Waals surface area contributed by atoms with Crippen molar-refractivity contribution in [3.05, 3.63) is 157 Å². The molecule has 5 heterocycles. The lowest BCUT2D eigenvalue weighted by Gasteiger charge is -2.10. The van der Waals surface area contributed by atoms with E-state index in [1.54, 1.807) is 0 Å². The molecule has 55 heavy (non-hydrogen) atoms. The molecule has 0 aliphatic carbocycles. The highest BCUT2D eigenvalue weighted by molar-refractivity contribution is 6.27. The molecule has 256 valence electrons. The van der Waals surface area contributed by atoms with Gasteiger partial charge < -0.3 is 18.0 Å². The Morgan fingerprint density at radius 3 is 1.58 bits per heavy atom. The third-order valence-electron chi connectivity index (χ3n) is 12.1. The summed E-state index contributed by atoms with van der Waals surface area (Å²) in [6.07, 6.45) is 0. The number of ether oxygens (including phenoxy) is 1. The van der Waals surface area contributed by atoms with E-state index in [0.29, 0.717) is 5.56 Å². The molecular weight excluding hydrogens is 677 g/mol. The van der Waals surface area contributed by atoms with Crippen LogP contribution in [0.2, 0.25) is 0 Å². The Bertz CT molecular complexity index is 3700. The minimum atomic E-state index is -0.344. The maximum atomic E-state index is 13.0. The molecule has 0 N–H and O–H groups in total. The minimum Gasteiger partial charge on any atom is -0.465 e. The molecule has 0 saturated carbocycles. The van der Waals surface area contributed by atoms with Crippen molar-refractivity contribution in [2.45, 2.75) is 0 Å². The van der Waals surface area contributed by atoms with Crippen molar-refractivity contribution in [2.75, 3.05) is 7.11 Å². The Labute approximate surface area is 312 Å². The van der Waals surface area contributed by atoms with Crippen LogP contribution in [0, 0.1) is 0 Å². The number of fused-ring (bicyclic) bond motifs is 15. The Hall–Kier alpha value is -7.37. The van der Waals surface area contributed by atoms with Gasteiger partial charge in [-0.15, -0.1) is 0 Å². The topological polar surface area (TPSA) is 48.3 Å². The van der Waals surface area contributed by atoms with Gasteiger partial charge in [-0.25, -0.2) is 4.79 Å². The fourth-order valence-corrected chi connectivity index (χ4v) is 9.80. The third kappa shape index (κ3) is 3.60. The molecule has 5 heteroatoms. The van der Waals surface area contributed by atoms with E-state index in [9.17, 15) is 4.79 Å². The van der Waals surface area contributed by atoms with Crippen LogP contribution in [0.15, 0.2) is 156 Å². The molecule has 13 rings (SSSR count). The van der Waals surface area contributed by atoms with E-state index in [1.165, 1.54) is 45.2 Å². The maximum Gasteiger partial charge on any atom is 0.337 e. The molecule has 0 aliphatic rings. The van der Waals surface area contributed by atoms with Crippen molar-refractivity contribution < 1.29 is 13.9 Å². The van der Waals surface area contributed by atoms with E-state index in [4.69, 9.17) is 9.15 Å². The Morgan fingerprint density at radius 1 is 0.473 bits per heavy atom. The van der Waals surface area contributed by atoms with E-state index in [1.807, 2.05) is 24.3 Å². The molecule has 0 spiro atoms. The highest BCUT2D eigenvalue weighted by atomic mass is 16.5. The van der Waals surface area contributed by atoms with Gasteiger partial charge in [0.25, 0.3) is 0 Å². The van der Waals surface area contributed by atoms with Gasteiger partial charge in [0.05, 0.1) is 45.8 Å². The van der Waals surface area contributed by atoms with Gasteiger partial charge in [0, 0.05) is 59.4 Å². The highest BCUT2D eigenvalue weighted by Crippen LogP contribution is 2.47. The van der Waals surface area contributed by atoms with E-state index in [2.05, 4.69) is 136 Å². The summed E-state index contributed by atoms with van der Waals surface area (Å²) in [5.74, 6) is -0.344. The van der Waals surface area contributed by atoms with E-state index >= 15 is 0 Å². The summed E-state index contributed by atoms with van der Waals surface area (Å²) in [7, 11) is 1.44. The summed E-state index contributed by atoms with van der Waals surface area (Å²) < 4.78 is 16.8. The number of benzene rings is 8. The normalized spacial score (nSPS) is 12.5. The summed E-state index contributed by atoms with van der Waals surface area (Å²) in [6, 6.07) is 54.0. The van der Waals surface area contributed by atoms with Crippen LogP contribution in [0.25, 0.3) is 120 Å². The van der Waals surface area contributed by atoms with Crippen LogP contribution in [0.3, 0.4) is 0 Å². The second kappa shape index (κ2) is 10.2. The second-order valence-corrected chi connectivity index (χ2v) is 14.7. The molecule has 0 saturated heterocycles. The zero-order valence-corrected chi connectivity index (χ0v) is 29.6. The largest absolute Gasteiger partial charge is 0.465 e. The van der Waals surface area contributed by atoms with Gasteiger partial charge in [-0.1, -0.05) is 84.9 Å². The van der Waals surface area contributed by atoms with Gasteiger partial charge in [0.2, 0.25) is 0 Å². The fraction of sp³-hybridized carbons (Fsp3) is 0.0200. The fourth-order valence-electron chi connectivity index (χ4n) is 9.80. The number of furan rings is 1. The van der Waals surface area contributed by atoms with Crippen molar-refractivity contribution >= 4 is 104 Å². The van der Waals surface area contributed by atoms with Crippen molar-refractivity contribution in [1.82, 2.24) is 8.80 Å². The SMILES string of the molecule is COC(=O)c1cc2c3ccccc3n3c4ccc(-c5ccc(-c6cc7c8ccccc8n8c9ccccc9c(c6)c78)c6c5oc5ccccc56)cc4c(c1)c23. The van der Waals surface area contributed by atoms with Gasteiger partial charge in [0.1, 0.15) is 11.2 Å². The smallest absolute Gasteiger partial charge is 0.337 e. The Morgan fingerprint density at radius 2 is 0.964 bits per heavy atom. The van der Waals surface area contributed by atoms with Crippen LogP contribution >= 0.6 is 0 Å². The number of nitrogens with zero attached hydrogens (tertiary/aromatic N) is 2. The van der Waals surface area contributed by atoms with Gasteiger partial charge in [-0.05, 0) is 83.4 Å². The van der Waals surface area contributed by atoms with Crippen LogP contribution in [-0.4, -0.2) is 21.9 Å². The van der Waals surface area contributed by atoms with Gasteiger partial charge in [-0.2, -0.15) is 0 Å². The maximum absolute atomic E-state index is 13.0. The number of carbonyl (C=O) groups excluding carboxylic acids is 1. The van der Waals surface area contributed by atoms with Crippen LogP contribution in [0.5, 0.6) is 0 Å².